The number of hydrogen-bond donors (Lipinski definition) is 2. The fourth-order valence-electron chi connectivity index (χ4n) is 2.48. The van der Waals surface area contributed by atoms with Gasteiger partial charge in [0, 0.05) is 6.54 Å². The number of nitrogens with one attached hydrogen (secondary N) is 1. The third-order valence-corrected chi connectivity index (χ3v) is 3.68. The molecule has 0 aromatic heterocycles. The molecule has 4 nitrogen and oxygen atoms in total. The van der Waals surface area contributed by atoms with E-state index in [9.17, 15) is 14.2 Å². The van der Waals surface area contributed by atoms with Crippen molar-refractivity contribution in [3.63, 3.8) is 0 Å². The second-order valence-electron chi connectivity index (χ2n) is 5.19. The number of hydrogen-bond acceptors (Lipinski definition) is 3. The molecule has 0 fully saturated rings. The summed E-state index contributed by atoms with van der Waals surface area (Å²) < 4.78 is 19.0. The first-order valence-electron chi connectivity index (χ1n) is 7.09. The first-order chi connectivity index (χ1) is 10.6. The van der Waals surface area contributed by atoms with Gasteiger partial charge in [-0.25, -0.2) is 4.39 Å². The van der Waals surface area contributed by atoms with Gasteiger partial charge in [0.05, 0.1) is 12.2 Å². The lowest BCUT2D eigenvalue weighted by Crippen LogP contribution is -2.32. The van der Waals surface area contributed by atoms with Crippen LogP contribution < -0.4 is 10.8 Å². The van der Waals surface area contributed by atoms with Gasteiger partial charge in [0.25, 0.3) is 5.91 Å². The van der Waals surface area contributed by atoms with Crippen molar-refractivity contribution in [2.45, 2.75) is 13.0 Å². The SMILES string of the molecule is O=C(NCCc1ccccc1)c1cc2c(cc1F)COB2O. The summed E-state index contributed by atoms with van der Waals surface area (Å²) in [6.45, 7) is 0.571. The molecule has 1 heterocycles. The minimum absolute atomic E-state index is 0.0728. The van der Waals surface area contributed by atoms with Gasteiger partial charge >= 0.3 is 7.12 Å². The zero-order valence-corrected chi connectivity index (χ0v) is 11.9. The van der Waals surface area contributed by atoms with E-state index in [4.69, 9.17) is 4.65 Å². The molecule has 2 N–H and O–H groups in total. The molecular formula is C16H15BFNO3. The molecule has 2 aromatic rings. The molecule has 0 unspecified atom stereocenters. The smallest absolute Gasteiger partial charge is 0.423 e. The van der Waals surface area contributed by atoms with Crippen LogP contribution in [0.15, 0.2) is 42.5 Å². The maximum Gasteiger partial charge on any atom is 0.491 e. The van der Waals surface area contributed by atoms with Crippen LogP contribution in [-0.4, -0.2) is 24.6 Å². The molecule has 1 amide bonds. The molecular weight excluding hydrogens is 284 g/mol. The Labute approximate surface area is 128 Å². The summed E-state index contributed by atoms with van der Waals surface area (Å²) in [5, 5.41) is 12.3. The van der Waals surface area contributed by atoms with Crippen LogP contribution in [0.2, 0.25) is 0 Å². The molecule has 0 radical (unpaired) electrons. The number of carbonyl (C=O) groups is 1. The van der Waals surface area contributed by atoms with Crippen LogP contribution >= 0.6 is 0 Å². The van der Waals surface area contributed by atoms with E-state index in [0.29, 0.717) is 24.0 Å². The van der Waals surface area contributed by atoms with Gasteiger partial charge in [0.15, 0.2) is 0 Å². The standard InChI is InChI=1S/C16H15BFNO3/c18-15-8-12-10-22-17(21)14(12)9-13(15)16(20)19-7-6-11-4-2-1-3-5-11/h1-5,8-9,21H,6-7,10H2,(H,19,20). The van der Waals surface area contributed by atoms with E-state index in [0.717, 1.165) is 5.56 Å². The minimum Gasteiger partial charge on any atom is -0.423 e. The number of benzene rings is 2. The zero-order chi connectivity index (χ0) is 15.5. The summed E-state index contributed by atoms with van der Waals surface area (Å²) >= 11 is 0. The molecule has 6 heteroatoms. The molecule has 0 spiro atoms. The molecule has 112 valence electrons. The molecule has 0 aliphatic carbocycles. The Morgan fingerprint density at radius 1 is 1.32 bits per heavy atom. The molecule has 1 aliphatic rings. The highest BCUT2D eigenvalue weighted by Crippen LogP contribution is 2.15. The summed E-state index contributed by atoms with van der Waals surface area (Å²) in [5.74, 6) is -1.09. The number of amides is 1. The number of halogens is 1. The Balaban J connectivity index is 1.66. The topological polar surface area (TPSA) is 58.6 Å². The quantitative estimate of drug-likeness (QED) is 0.829. The Kier molecular flexibility index (Phi) is 4.22. The average molecular weight is 299 g/mol. The molecule has 3 rings (SSSR count). The van der Waals surface area contributed by atoms with Gasteiger partial charge in [-0.05, 0) is 35.1 Å². The molecule has 0 bridgehead atoms. The lowest BCUT2D eigenvalue weighted by atomic mass is 9.78. The summed E-state index contributed by atoms with van der Waals surface area (Å²) in [7, 11) is -1.09. The number of fused-ring (bicyclic) bond motifs is 1. The highest BCUT2D eigenvalue weighted by atomic mass is 19.1. The fraction of sp³-hybridized carbons (Fsp3) is 0.188. The second-order valence-corrected chi connectivity index (χ2v) is 5.19. The monoisotopic (exact) mass is 299 g/mol. The van der Waals surface area contributed by atoms with Crippen molar-refractivity contribution >= 4 is 18.5 Å². The van der Waals surface area contributed by atoms with Crippen LogP contribution in [0.5, 0.6) is 0 Å². The number of rotatable bonds is 4. The van der Waals surface area contributed by atoms with Crippen molar-refractivity contribution < 1.29 is 18.9 Å². The van der Waals surface area contributed by atoms with Crippen molar-refractivity contribution in [2.75, 3.05) is 6.54 Å². The second kappa shape index (κ2) is 6.29. The molecule has 2 aromatic carbocycles. The van der Waals surface area contributed by atoms with Crippen LogP contribution in [0.1, 0.15) is 21.5 Å². The van der Waals surface area contributed by atoms with E-state index >= 15 is 0 Å². The Hall–Kier alpha value is -2.18. The van der Waals surface area contributed by atoms with Crippen molar-refractivity contribution in [1.82, 2.24) is 5.32 Å². The van der Waals surface area contributed by atoms with Crippen LogP contribution in [0.25, 0.3) is 0 Å². The highest BCUT2D eigenvalue weighted by Gasteiger charge is 2.29. The van der Waals surface area contributed by atoms with Gasteiger partial charge in [-0.1, -0.05) is 30.3 Å². The average Bonchev–Trinajstić information content (AvgIpc) is 2.88. The maximum atomic E-state index is 14.0. The van der Waals surface area contributed by atoms with E-state index in [-0.39, 0.29) is 12.2 Å². The van der Waals surface area contributed by atoms with E-state index in [1.807, 2.05) is 30.3 Å². The third kappa shape index (κ3) is 3.03. The van der Waals surface area contributed by atoms with Gasteiger partial charge in [0.1, 0.15) is 5.82 Å². The normalized spacial score (nSPS) is 13.1. The third-order valence-electron chi connectivity index (χ3n) is 3.68. The largest absolute Gasteiger partial charge is 0.491 e. The van der Waals surface area contributed by atoms with Gasteiger partial charge in [-0.2, -0.15) is 0 Å². The number of carbonyl (C=O) groups excluding carboxylic acids is 1. The zero-order valence-electron chi connectivity index (χ0n) is 11.9. The summed E-state index contributed by atoms with van der Waals surface area (Å²) in [5.41, 5.74) is 2.05. The Morgan fingerprint density at radius 3 is 2.86 bits per heavy atom. The van der Waals surface area contributed by atoms with E-state index in [1.54, 1.807) is 0 Å². The van der Waals surface area contributed by atoms with Crippen molar-refractivity contribution in [2.24, 2.45) is 0 Å². The van der Waals surface area contributed by atoms with E-state index in [2.05, 4.69) is 5.32 Å². The lowest BCUT2D eigenvalue weighted by Gasteiger charge is -2.08. The first-order valence-corrected chi connectivity index (χ1v) is 7.09. The van der Waals surface area contributed by atoms with Crippen LogP contribution in [-0.2, 0) is 17.7 Å². The predicted molar refractivity (Wildman–Crippen MR) is 81.3 cm³/mol. The molecule has 1 aliphatic heterocycles. The Morgan fingerprint density at radius 2 is 2.09 bits per heavy atom. The van der Waals surface area contributed by atoms with Crippen molar-refractivity contribution in [1.29, 1.82) is 0 Å². The summed E-state index contributed by atoms with van der Waals surface area (Å²) in [6.07, 6.45) is 0.672. The highest BCUT2D eigenvalue weighted by molar-refractivity contribution is 6.61. The molecule has 0 saturated carbocycles. The molecule has 22 heavy (non-hydrogen) atoms. The van der Waals surface area contributed by atoms with Crippen LogP contribution in [0.4, 0.5) is 4.39 Å². The summed E-state index contributed by atoms with van der Waals surface area (Å²) in [6, 6.07) is 12.3. The van der Waals surface area contributed by atoms with Gasteiger partial charge in [-0.15, -0.1) is 0 Å². The van der Waals surface area contributed by atoms with Gasteiger partial charge < -0.3 is 15.0 Å². The Bertz CT molecular complexity index is 693. The maximum absolute atomic E-state index is 14.0. The van der Waals surface area contributed by atoms with Crippen molar-refractivity contribution in [3.05, 3.63) is 65.0 Å². The first kappa shape index (κ1) is 14.7. The molecule has 0 saturated heterocycles. The fourth-order valence-corrected chi connectivity index (χ4v) is 2.48. The van der Waals surface area contributed by atoms with Gasteiger partial charge in [-0.3, -0.25) is 4.79 Å². The van der Waals surface area contributed by atoms with Crippen molar-refractivity contribution in [3.8, 4) is 0 Å². The lowest BCUT2D eigenvalue weighted by molar-refractivity contribution is 0.0950. The molecule has 0 atom stereocenters. The van der Waals surface area contributed by atoms with E-state index < -0.39 is 18.8 Å². The van der Waals surface area contributed by atoms with E-state index in [1.165, 1.54) is 12.1 Å². The van der Waals surface area contributed by atoms with Crippen LogP contribution in [0.3, 0.4) is 0 Å². The van der Waals surface area contributed by atoms with Crippen LogP contribution in [0, 0.1) is 5.82 Å². The predicted octanol–water partition coefficient (Wildman–Crippen LogP) is 1.02. The summed E-state index contributed by atoms with van der Waals surface area (Å²) in [4.78, 5) is 12.1. The minimum atomic E-state index is -1.09. The van der Waals surface area contributed by atoms with Gasteiger partial charge in [0.2, 0.25) is 0 Å².